The van der Waals surface area contributed by atoms with Gasteiger partial charge < -0.3 is 10.2 Å². The number of nitrogen functional groups attached to an aromatic ring is 1. The molecule has 142 valence electrons. The summed E-state index contributed by atoms with van der Waals surface area (Å²) >= 11 is 1.63. The van der Waals surface area contributed by atoms with E-state index in [2.05, 4.69) is 20.4 Å². The first kappa shape index (κ1) is 16.4. The lowest BCUT2D eigenvalue weighted by molar-refractivity contribution is -0.126. The van der Waals surface area contributed by atoms with Crippen molar-refractivity contribution in [3.8, 4) is 22.5 Å². The van der Waals surface area contributed by atoms with Gasteiger partial charge in [0, 0.05) is 70.5 Å². The fraction of sp³-hybridized carbons (Fsp3) is 0.143. The molecular formula is C21H15N5O2S. The Bertz CT molecular complexity index is 1410. The first-order valence-electron chi connectivity index (χ1n) is 9.23. The van der Waals surface area contributed by atoms with E-state index in [1.807, 2.05) is 29.2 Å². The molecular weight excluding hydrogens is 386 g/mol. The fourth-order valence-corrected chi connectivity index (χ4v) is 4.72. The molecule has 0 aliphatic heterocycles. The maximum atomic E-state index is 11.3. The number of furan rings is 1. The Hall–Kier alpha value is -3.52. The average molecular weight is 401 g/mol. The van der Waals surface area contributed by atoms with E-state index in [1.165, 1.54) is 0 Å². The summed E-state index contributed by atoms with van der Waals surface area (Å²) in [5.74, 6) is 1.38. The highest BCUT2D eigenvalue weighted by Crippen LogP contribution is 2.40. The van der Waals surface area contributed by atoms with Gasteiger partial charge in [0.2, 0.25) is 0 Å². The molecule has 0 radical (unpaired) electrons. The molecule has 6 rings (SSSR count). The van der Waals surface area contributed by atoms with Gasteiger partial charge in [-0.2, -0.15) is 5.10 Å². The second kappa shape index (κ2) is 5.99. The lowest BCUT2D eigenvalue weighted by Crippen LogP contribution is -2.26. The van der Waals surface area contributed by atoms with Gasteiger partial charge in [0.25, 0.3) is 0 Å². The summed E-state index contributed by atoms with van der Waals surface area (Å²) < 4.78 is 9.10. The van der Waals surface area contributed by atoms with Gasteiger partial charge in [-0.3, -0.25) is 14.5 Å². The quantitative estimate of drug-likeness (QED) is 0.479. The van der Waals surface area contributed by atoms with Gasteiger partial charge in [0.1, 0.15) is 11.5 Å². The van der Waals surface area contributed by atoms with Crippen LogP contribution in [0.25, 0.3) is 43.5 Å². The Morgan fingerprint density at radius 2 is 2.07 bits per heavy atom. The zero-order chi connectivity index (χ0) is 19.5. The Morgan fingerprint density at radius 3 is 2.93 bits per heavy atom. The monoisotopic (exact) mass is 401 g/mol. The first-order chi connectivity index (χ1) is 14.2. The second-order valence-corrected chi connectivity index (χ2v) is 8.15. The molecule has 0 amide bonds. The third-order valence-corrected chi connectivity index (χ3v) is 6.38. The van der Waals surface area contributed by atoms with Gasteiger partial charge >= 0.3 is 0 Å². The number of carbonyl (C=O) groups excluding carboxylic acids is 1. The van der Waals surface area contributed by atoms with Gasteiger partial charge in [-0.15, -0.1) is 11.3 Å². The van der Waals surface area contributed by atoms with Crippen molar-refractivity contribution in [3.63, 3.8) is 0 Å². The summed E-state index contributed by atoms with van der Waals surface area (Å²) in [6.07, 6.45) is 10.2. The number of Topliss-reactive ketones (excluding diaryl/α,β-unsaturated/α-hetero) is 1. The molecule has 0 unspecified atom stereocenters. The van der Waals surface area contributed by atoms with Gasteiger partial charge in [-0.1, -0.05) is 0 Å². The lowest BCUT2D eigenvalue weighted by atomic mass is 9.92. The third kappa shape index (κ3) is 2.49. The van der Waals surface area contributed by atoms with Crippen molar-refractivity contribution in [2.24, 2.45) is 0 Å². The predicted octanol–water partition coefficient (Wildman–Crippen LogP) is 4.45. The summed E-state index contributed by atoms with van der Waals surface area (Å²) in [7, 11) is 0. The minimum Gasteiger partial charge on any atom is -0.452 e. The highest BCUT2D eigenvalue weighted by Gasteiger charge is 2.29. The van der Waals surface area contributed by atoms with Gasteiger partial charge in [0.15, 0.2) is 11.4 Å². The van der Waals surface area contributed by atoms with Crippen molar-refractivity contribution in [3.05, 3.63) is 48.5 Å². The van der Waals surface area contributed by atoms with Crippen LogP contribution in [0.15, 0.2) is 52.9 Å². The van der Waals surface area contributed by atoms with Crippen LogP contribution in [0.1, 0.15) is 18.9 Å². The molecule has 1 saturated carbocycles. The van der Waals surface area contributed by atoms with Crippen molar-refractivity contribution in [1.82, 2.24) is 19.7 Å². The molecule has 0 bridgehead atoms. The van der Waals surface area contributed by atoms with E-state index in [4.69, 9.17) is 10.2 Å². The average Bonchev–Trinajstić information content (AvgIpc) is 3.43. The minimum atomic E-state index is 0.152. The van der Waals surface area contributed by atoms with Gasteiger partial charge in [-0.05, 0) is 12.1 Å². The molecule has 0 spiro atoms. The van der Waals surface area contributed by atoms with Crippen LogP contribution < -0.4 is 5.73 Å². The molecule has 29 heavy (non-hydrogen) atoms. The minimum absolute atomic E-state index is 0.152. The number of fused-ring (bicyclic) bond motifs is 2. The van der Waals surface area contributed by atoms with Crippen LogP contribution in [0.2, 0.25) is 0 Å². The molecule has 2 N–H and O–H groups in total. The molecule has 5 aromatic rings. The van der Waals surface area contributed by atoms with E-state index in [0.29, 0.717) is 24.2 Å². The Balaban J connectivity index is 1.49. The van der Waals surface area contributed by atoms with E-state index in [0.717, 1.165) is 37.9 Å². The summed E-state index contributed by atoms with van der Waals surface area (Å²) in [6.45, 7) is 0. The summed E-state index contributed by atoms with van der Waals surface area (Å²) in [5, 5.41) is 8.50. The number of aromatic nitrogens is 4. The number of nitrogens with two attached hydrogens (primary N) is 1. The number of hydrogen-bond acceptors (Lipinski definition) is 7. The van der Waals surface area contributed by atoms with Crippen molar-refractivity contribution in [2.75, 3.05) is 5.73 Å². The van der Waals surface area contributed by atoms with E-state index in [1.54, 1.807) is 29.9 Å². The molecule has 1 fully saturated rings. The number of pyridine rings is 2. The van der Waals surface area contributed by atoms with Gasteiger partial charge in [0.05, 0.1) is 16.9 Å². The van der Waals surface area contributed by atoms with Crippen molar-refractivity contribution >= 4 is 44.0 Å². The van der Waals surface area contributed by atoms with Crippen LogP contribution in [0.5, 0.6) is 0 Å². The zero-order valence-electron chi connectivity index (χ0n) is 15.2. The SMILES string of the molecule is Nc1ncc(-c2cnn(C3CC(=O)C3)c2)c2cc(-c3csc4cnccc34)oc12. The first-order valence-corrected chi connectivity index (χ1v) is 10.1. The van der Waals surface area contributed by atoms with Crippen molar-refractivity contribution in [1.29, 1.82) is 0 Å². The highest BCUT2D eigenvalue weighted by atomic mass is 32.1. The third-order valence-electron chi connectivity index (χ3n) is 5.44. The van der Waals surface area contributed by atoms with E-state index in [9.17, 15) is 4.79 Å². The summed E-state index contributed by atoms with van der Waals surface area (Å²) in [4.78, 5) is 19.8. The fourth-order valence-electron chi connectivity index (χ4n) is 3.81. The van der Waals surface area contributed by atoms with Gasteiger partial charge in [-0.25, -0.2) is 4.98 Å². The number of carbonyl (C=O) groups is 1. The number of nitrogens with zero attached hydrogens (tertiary/aromatic N) is 4. The normalized spacial score (nSPS) is 14.7. The summed E-state index contributed by atoms with van der Waals surface area (Å²) in [6, 6.07) is 4.15. The van der Waals surface area contributed by atoms with Crippen LogP contribution in [-0.2, 0) is 4.79 Å². The number of anilines is 1. The highest BCUT2D eigenvalue weighted by molar-refractivity contribution is 7.17. The number of ketones is 1. The van der Waals surface area contributed by atoms with E-state index < -0.39 is 0 Å². The maximum absolute atomic E-state index is 11.3. The maximum Gasteiger partial charge on any atom is 0.177 e. The lowest BCUT2D eigenvalue weighted by Gasteiger charge is -2.24. The molecule has 1 aliphatic carbocycles. The molecule has 0 atom stereocenters. The van der Waals surface area contributed by atoms with E-state index in [-0.39, 0.29) is 11.8 Å². The number of hydrogen-bond donors (Lipinski definition) is 1. The molecule has 0 saturated heterocycles. The van der Waals surface area contributed by atoms with Crippen LogP contribution in [0.4, 0.5) is 5.82 Å². The van der Waals surface area contributed by atoms with Crippen LogP contribution in [0, 0.1) is 0 Å². The zero-order valence-corrected chi connectivity index (χ0v) is 16.0. The largest absolute Gasteiger partial charge is 0.452 e. The Morgan fingerprint density at radius 1 is 1.17 bits per heavy atom. The van der Waals surface area contributed by atoms with Crippen molar-refractivity contribution in [2.45, 2.75) is 18.9 Å². The topological polar surface area (TPSA) is 99.8 Å². The number of thiophene rings is 1. The molecule has 5 aromatic heterocycles. The van der Waals surface area contributed by atoms with Crippen LogP contribution in [-0.4, -0.2) is 25.5 Å². The second-order valence-electron chi connectivity index (χ2n) is 7.24. The van der Waals surface area contributed by atoms with Crippen molar-refractivity contribution < 1.29 is 9.21 Å². The molecule has 5 heterocycles. The predicted molar refractivity (Wildman–Crippen MR) is 112 cm³/mol. The van der Waals surface area contributed by atoms with Crippen LogP contribution in [0.3, 0.4) is 0 Å². The van der Waals surface area contributed by atoms with E-state index >= 15 is 0 Å². The molecule has 1 aliphatic rings. The smallest absolute Gasteiger partial charge is 0.177 e. The molecule has 8 heteroatoms. The standard InChI is InChI=1S/C21H15N5O2S/c22-21-20-15(5-18(28-20)17-10-29-19-8-23-2-1-14(17)19)16(7-24-21)11-6-25-26(9-11)12-3-13(27)4-12/h1-2,5-10,12H,3-4H2,(H2,22,24). The summed E-state index contributed by atoms with van der Waals surface area (Å²) in [5.41, 5.74) is 9.52. The Kier molecular flexibility index (Phi) is 3.39. The number of rotatable bonds is 3. The van der Waals surface area contributed by atoms with Crippen LogP contribution >= 0.6 is 11.3 Å². The Labute approximate surface area is 168 Å². The molecule has 0 aromatic carbocycles. The molecule has 7 nitrogen and oxygen atoms in total.